The average Bonchev–Trinajstić information content (AvgIpc) is 2.44. The van der Waals surface area contributed by atoms with E-state index in [0.717, 1.165) is 30.5 Å². The summed E-state index contributed by atoms with van der Waals surface area (Å²) in [5, 5.41) is 13.9. The Morgan fingerprint density at radius 1 is 1.36 bits per heavy atom. The Labute approximate surface area is 130 Å². The van der Waals surface area contributed by atoms with E-state index >= 15 is 0 Å². The van der Waals surface area contributed by atoms with Crippen molar-refractivity contribution in [3.63, 3.8) is 0 Å². The van der Waals surface area contributed by atoms with Gasteiger partial charge >= 0.3 is 0 Å². The Morgan fingerprint density at radius 2 is 2.05 bits per heavy atom. The molecule has 1 heterocycles. The molecule has 0 aliphatic carbocycles. The number of carbonyl (C=O) groups is 1. The molecule has 6 heteroatoms. The monoisotopic (exact) mass is 306 g/mol. The van der Waals surface area contributed by atoms with Crippen LogP contribution >= 0.6 is 0 Å². The van der Waals surface area contributed by atoms with E-state index < -0.39 is 4.92 Å². The number of piperidine rings is 1. The van der Waals surface area contributed by atoms with Gasteiger partial charge in [0.1, 0.15) is 5.69 Å². The summed E-state index contributed by atoms with van der Waals surface area (Å²) >= 11 is 0. The summed E-state index contributed by atoms with van der Waals surface area (Å²) in [5.74, 6) is -0.157. The van der Waals surface area contributed by atoms with Crippen molar-refractivity contribution in [1.29, 1.82) is 0 Å². The second kappa shape index (κ2) is 6.87. The van der Waals surface area contributed by atoms with Crippen molar-refractivity contribution in [2.24, 2.45) is 0 Å². The van der Waals surface area contributed by atoms with Gasteiger partial charge in [0.25, 0.3) is 11.6 Å². The van der Waals surface area contributed by atoms with Gasteiger partial charge in [-0.1, -0.05) is 0 Å². The molecule has 120 valence electrons. The van der Waals surface area contributed by atoms with Gasteiger partial charge in [-0.25, -0.2) is 0 Å². The first kappa shape index (κ1) is 16.4. The molecule has 6 nitrogen and oxygen atoms in total. The predicted molar refractivity (Wildman–Crippen MR) is 85.2 cm³/mol. The van der Waals surface area contributed by atoms with E-state index in [4.69, 9.17) is 0 Å². The average molecular weight is 306 g/mol. The fourth-order valence-electron chi connectivity index (χ4n) is 2.97. The Balaban J connectivity index is 2.11. The van der Waals surface area contributed by atoms with Gasteiger partial charge in [0.2, 0.25) is 0 Å². The maximum Gasteiger partial charge on any atom is 0.293 e. The quantitative estimate of drug-likeness (QED) is 0.655. The van der Waals surface area contributed by atoms with Gasteiger partial charge in [-0.3, -0.25) is 14.9 Å². The molecule has 2 atom stereocenters. The number of rotatable bonds is 4. The maximum absolute atomic E-state index is 12.2. The molecular formula is C16H24N3O3+. The number of likely N-dealkylation sites (tertiary alicyclic amines) is 1. The molecule has 1 aromatic rings. The van der Waals surface area contributed by atoms with Crippen LogP contribution < -0.4 is 10.2 Å². The number of hydrogen-bond acceptors (Lipinski definition) is 3. The molecular weight excluding hydrogens is 282 g/mol. The van der Waals surface area contributed by atoms with Crippen LogP contribution in [-0.4, -0.2) is 30.0 Å². The summed E-state index contributed by atoms with van der Waals surface area (Å²) in [6, 6.07) is 3.66. The largest absolute Gasteiger partial charge is 0.325 e. The maximum atomic E-state index is 12.2. The van der Waals surface area contributed by atoms with E-state index in [2.05, 4.69) is 12.2 Å². The van der Waals surface area contributed by atoms with Crippen molar-refractivity contribution in [2.45, 2.75) is 46.1 Å². The summed E-state index contributed by atoms with van der Waals surface area (Å²) in [7, 11) is 0. The van der Waals surface area contributed by atoms with Crippen LogP contribution in [0.1, 0.15) is 37.3 Å². The zero-order chi connectivity index (χ0) is 16.3. The van der Waals surface area contributed by atoms with Gasteiger partial charge in [0.05, 0.1) is 17.5 Å². The van der Waals surface area contributed by atoms with E-state index in [1.165, 1.54) is 17.4 Å². The van der Waals surface area contributed by atoms with Crippen LogP contribution in [0, 0.1) is 24.0 Å². The number of hydrogen-bond donors (Lipinski definition) is 2. The third-order valence-corrected chi connectivity index (χ3v) is 4.55. The highest BCUT2D eigenvalue weighted by atomic mass is 16.6. The Morgan fingerprint density at radius 3 is 2.68 bits per heavy atom. The topological polar surface area (TPSA) is 76.7 Å². The van der Waals surface area contributed by atoms with E-state index in [9.17, 15) is 14.9 Å². The highest BCUT2D eigenvalue weighted by Gasteiger charge is 2.25. The molecule has 1 saturated heterocycles. The third-order valence-electron chi connectivity index (χ3n) is 4.55. The van der Waals surface area contributed by atoms with E-state index in [0.29, 0.717) is 18.3 Å². The molecule has 1 amide bonds. The van der Waals surface area contributed by atoms with Crippen molar-refractivity contribution in [3.05, 3.63) is 33.4 Å². The lowest BCUT2D eigenvalue weighted by atomic mass is 10.0. The number of quaternary nitrogens is 1. The highest BCUT2D eigenvalue weighted by Crippen LogP contribution is 2.27. The number of anilines is 1. The zero-order valence-electron chi connectivity index (χ0n) is 13.4. The summed E-state index contributed by atoms with van der Waals surface area (Å²) in [5.41, 5.74) is 2.03. The van der Waals surface area contributed by atoms with Crippen LogP contribution in [0.2, 0.25) is 0 Å². The molecule has 0 bridgehead atoms. The van der Waals surface area contributed by atoms with Gasteiger partial charge in [-0.15, -0.1) is 0 Å². The zero-order valence-corrected chi connectivity index (χ0v) is 13.4. The summed E-state index contributed by atoms with van der Waals surface area (Å²) in [6.07, 6.45) is 3.48. The standard InChI is InChI=1S/C16H23N3O3/c1-11-8-14(15(19(21)22)9-12(11)2)17-16(20)10-18-7-5-4-6-13(18)3/h8-9,13H,4-7,10H2,1-3H3,(H,17,20)/p+1/t13-/m0/s1. The van der Waals surface area contributed by atoms with Crippen molar-refractivity contribution in [3.8, 4) is 0 Å². The lowest BCUT2D eigenvalue weighted by Crippen LogP contribution is -3.17. The van der Waals surface area contributed by atoms with E-state index in [1.54, 1.807) is 6.07 Å². The fraction of sp³-hybridized carbons (Fsp3) is 0.562. The molecule has 2 N–H and O–H groups in total. The normalized spacial score (nSPS) is 21.4. The molecule has 2 rings (SSSR count). The van der Waals surface area contributed by atoms with Crippen LogP contribution in [0.3, 0.4) is 0 Å². The molecule has 0 radical (unpaired) electrons. The summed E-state index contributed by atoms with van der Waals surface area (Å²) in [6.45, 7) is 7.22. The van der Waals surface area contributed by atoms with Crippen LogP contribution in [0.5, 0.6) is 0 Å². The second-order valence-corrected chi connectivity index (χ2v) is 6.24. The summed E-state index contributed by atoms with van der Waals surface area (Å²) in [4.78, 5) is 24.2. The minimum Gasteiger partial charge on any atom is -0.325 e. The lowest BCUT2D eigenvalue weighted by Gasteiger charge is -2.29. The predicted octanol–water partition coefficient (Wildman–Crippen LogP) is 1.61. The van der Waals surface area contributed by atoms with E-state index in [1.807, 2.05) is 13.8 Å². The second-order valence-electron chi connectivity index (χ2n) is 6.24. The summed E-state index contributed by atoms with van der Waals surface area (Å²) < 4.78 is 0. The van der Waals surface area contributed by atoms with Crippen LogP contribution in [0.25, 0.3) is 0 Å². The minimum atomic E-state index is -0.446. The van der Waals surface area contributed by atoms with Crippen LogP contribution in [0.15, 0.2) is 12.1 Å². The number of nitro groups is 1. The minimum absolute atomic E-state index is 0.0434. The SMILES string of the molecule is Cc1cc(NC(=O)C[NH+]2CCCC[C@@H]2C)c([N+](=O)[O-])cc1C. The molecule has 22 heavy (non-hydrogen) atoms. The van der Waals surface area contributed by atoms with Crippen molar-refractivity contribution >= 4 is 17.3 Å². The molecule has 0 saturated carbocycles. The molecule has 1 aliphatic heterocycles. The Hall–Kier alpha value is -1.95. The number of carbonyl (C=O) groups excluding carboxylic acids is 1. The first-order valence-corrected chi connectivity index (χ1v) is 7.78. The van der Waals surface area contributed by atoms with Crippen molar-refractivity contribution in [1.82, 2.24) is 0 Å². The molecule has 1 aromatic carbocycles. The van der Waals surface area contributed by atoms with Gasteiger partial charge in [0, 0.05) is 6.07 Å². The number of nitrogens with zero attached hydrogens (tertiary/aromatic N) is 1. The number of benzene rings is 1. The number of aryl methyl sites for hydroxylation is 2. The van der Waals surface area contributed by atoms with Gasteiger partial charge in [-0.2, -0.15) is 0 Å². The number of amides is 1. The first-order chi connectivity index (χ1) is 10.4. The molecule has 0 aromatic heterocycles. The van der Waals surface area contributed by atoms with Crippen molar-refractivity contribution < 1.29 is 14.6 Å². The van der Waals surface area contributed by atoms with Gasteiger partial charge in [-0.05, 0) is 57.2 Å². The third kappa shape index (κ3) is 3.82. The Kier molecular flexibility index (Phi) is 5.13. The molecule has 1 fully saturated rings. The van der Waals surface area contributed by atoms with Crippen LogP contribution in [0.4, 0.5) is 11.4 Å². The van der Waals surface area contributed by atoms with Gasteiger partial charge in [0.15, 0.2) is 6.54 Å². The Bertz CT molecular complexity index is 586. The first-order valence-electron chi connectivity index (χ1n) is 7.78. The number of nitrogens with one attached hydrogen (secondary N) is 2. The molecule has 1 aliphatic rings. The molecule has 1 unspecified atom stereocenters. The number of nitro benzene ring substituents is 1. The smallest absolute Gasteiger partial charge is 0.293 e. The fourth-order valence-corrected chi connectivity index (χ4v) is 2.97. The highest BCUT2D eigenvalue weighted by molar-refractivity contribution is 5.94. The van der Waals surface area contributed by atoms with Crippen LogP contribution in [-0.2, 0) is 4.79 Å². The molecule has 0 spiro atoms. The lowest BCUT2D eigenvalue weighted by molar-refractivity contribution is -0.920. The van der Waals surface area contributed by atoms with Gasteiger partial charge < -0.3 is 10.2 Å². The van der Waals surface area contributed by atoms with Crippen molar-refractivity contribution in [2.75, 3.05) is 18.4 Å². The van der Waals surface area contributed by atoms with E-state index in [-0.39, 0.29) is 11.6 Å².